The number of rotatable bonds is 6. The van der Waals surface area contributed by atoms with Gasteiger partial charge >= 0.3 is 7.32 Å². The summed E-state index contributed by atoms with van der Waals surface area (Å²) in [4.78, 5) is 0. The Hall–Kier alpha value is 0.00987. The first-order valence-corrected chi connectivity index (χ1v) is 3.69. The van der Waals surface area contributed by atoms with E-state index in [2.05, 4.69) is 0 Å². The van der Waals surface area contributed by atoms with Crippen LogP contribution in [-0.2, 0) is 14.0 Å². The molecule has 0 aromatic heterocycles. The molecule has 0 N–H and O–H groups in total. The van der Waals surface area contributed by atoms with Gasteiger partial charge in [-0.05, 0) is 20.8 Å². The van der Waals surface area contributed by atoms with Gasteiger partial charge < -0.3 is 14.0 Å². The highest BCUT2D eigenvalue weighted by atomic mass is 16.7. The molecule has 0 rings (SSSR count). The minimum atomic E-state index is -0.472. The van der Waals surface area contributed by atoms with Crippen molar-refractivity contribution in [2.45, 2.75) is 20.8 Å². The van der Waals surface area contributed by atoms with Crippen LogP contribution in [0.25, 0.3) is 0 Å². The van der Waals surface area contributed by atoms with E-state index in [1.165, 1.54) is 0 Å². The van der Waals surface area contributed by atoms with E-state index in [0.717, 1.165) is 0 Å². The fourth-order valence-electron chi connectivity index (χ4n) is 0.553. The number of hydrogen-bond acceptors (Lipinski definition) is 3. The Morgan fingerprint density at radius 2 is 1.09 bits per heavy atom. The molecule has 3 nitrogen and oxygen atoms in total. The molecule has 0 saturated carbocycles. The van der Waals surface area contributed by atoms with Crippen molar-refractivity contribution in [2.24, 2.45) is 0 Å². The van der Waals surface area contributed by atoms with E-state index in [-0.39, 0.29) is 8.41 Å². The third kappa shape index (κ3) is 7.91. The van der Waals surface area contributed by atoms with E-state index in [1.54, 1.807) is 0 Å². The van der Waals surface area contributed by atoms with Gasteiger partial charge in [-0.25, -0.2) is 0 Å². The molecule has 0 spiro atoms. The Bertz CT molecular complexity index is 58.6. The van der Waals surface area contributed by atoms with Crippen LogP contribution >= 0.6 is 0 Å². The third-order valence-electron chi connectivity index (χ3n) is 0.908. The molecule has 63 valence electrons. The summed E-state index contributed by atoms with van der Waals surface area (Å²) >= 11 is 0. The van der Waals surface area contributed by atoms with Crippen molar-refractivity contribution in [1.82, 2.24) is 0 Å². The average Bonchev–Trinajstić information content (AvgIpc) is 1.90. The zero-order chi connectivity index (χ0) is 7.82. The van der Waals surface area contributed by atoms with Crippen molar-refractivity contribution < 1.29 is 14.0 Å². The van der Waals surface area contributed by atoms with Crippen LogP contribution in [0.2, 0.25) is 0 Å². The molecular weight excluding hydrogens is 142 g/mol. The van der Waals surface area contributed by atoms with Gasteiger partial charge in [-0.1, -0.05) is 0 Å². The van der Waals surface area contributed by atoms with Crippen LogP contribution < -0.4 is 0 Å². The SMILES string of the molecule is CCOB(OCC)OCC.[B]. The molecule has 0 saturated heterocycles. The predicted molar refractivity (Wildman–Crippen MR) is 46.4 cm³/mol. The lowest BCUT2D eigenvalue weighted by atomic mass is 10.2. The lowest BCUT2D eigenvalue weighted by Gasteiger charge is -2.09. The second-order valence-electron chi connectivity index (χ2n) is 1.65. The van der Waals surface area contributed by atoms with Crippen molar-refractivity contribution in [3.8, 4) is 0 Å². The topological polar surface area (TPSA) is 27.7 Å². The van der Waals surface area contributed by atoms with Crippen molar-refractivity contribution in [2.75, 3.05) is 19.8 Å². The second-order valence-corrected chi connectivity index (χ2v) is 1.65. The maximum absolute atomic E-state index is 5.08. The molecule has 3 radical (unpaired) electrons. The molecule has 0 heterocycles. The first-order chi connectivity index (χ1) is 4.85. The molecule has 0 aromatic rings. The van der Waals surface area contributed by atoms with E-state index in [0.29, 0.717) is 19.8 Å². The highest BCUT2D eigenvalue weighted by Gasteiger charge is 2.17. The molecule has 0 aliphatic heterocycles. The molecule has 0 fully saturated rings. The fraction of sp³-hybridized carbons (Fsp3) is 1.00. The van der Waals surface area contributed by atoms with Crippen molar-refractivity contribution in [3.05, 3.63) is 0 Å². The van der Waals surface area contributed by atoms with Gasteiger partial charge in [0.15, 0.2) is 0 Å². The Labute approximate surface area is 71.2 Å². The van der Waals surface area contributed by atoms with Crippen LogP contribution in [0.1, 0.15) is 20.8 Å². The quantitative estimate of drug-likeness (QED) is 0.531. The molecule has 0 aromatic carbocycles. The first-order valence-electron chi connectivity index (χ1n) is 3.69. The summed E-state index contributed by atoms with van der Waals surface area (Å²) in [7, 11) is -0.472. The van der Waals surface area contributed by atoms with Gasteiger partial charge in [0.2, 0.25) is 0 Å². The molecule has 0 unspecified atom stereocenters. The molecule has 0 atom stereocenters. The third-order valence-corrected chi connectivity index (χ3v) is 0.908. The molecular formula is C6H15B2O3. The van der Waals surface area contributed by atoms with Crippen LogP contribution in [-0.4, -0.2) is 35.6 Å². The Morgan fingerprint density at radius 3 is 1.27 bits per heavy atom. The number of hydrogen-bond donors (Lipinski definition) is 0. The predicted octanol–water partition coefficient (Wildman–Crippen LogP) is 0.700. The van der Waals surface area contributed by atoms with Gasteiger partial charge in [0, 0.05) is 28.2 Å². The van der Waals surface area contributed by atoms with Crippen molar-refractivity contribution >= 4 is 15.7 Å². The monoisotopic (exact) mass is 157 g/mol. The molecule has 5 heteroatoms. The standard InChI is InChI=1S/C6H15BO3.B/c1-4-8-7(9-5-2)10-6-3;/h4-6H2,1-3H3;. The van der Waals surface area contributed by atoms with Gasteiger partial charge in [0.05, 0.1) is 0 Å². The smallest absolute Gasteiger partial charge is 0.386 e. The minimum Gasteiger partial charge on any atom is -0.386 e. The van der Waals surface area contributed by atoms with E-state index in [9.17, 15) is 0 Å². The van der Waals surface area contributed by atoms with E-state index >= 15 is 0 Å². The molecule has 0 bridgehead atoms. The van der Waals surface area contributed by atoms with Gasteiger partial charge in [0.1, 0.15) is 0 Å². The zero-order valence-electron chi connectivity index (χ0n) is 7.50. The van der Waals surface area contributed by atoms with Crippen LogP contribution in [0.5, 0.6) is 0 Å². The maximum Gasteiger partial charge on any atom is 0.639 e. The normalized spacial score (nSPS) is 9.00. The van der Waals surface area contributed by atoms with E-state index in [4.69, 9.17) is 14.0 Å². The van der Waals surface area contributed by atoms with Crippen LogP contribution in [0.4, 0.5) is 0 Å². The van der Waals surface area contributed by atoms with Gasteiger partial charge in [0.25, 0.3) is 0 Å². The van der Waals surface area contributed by atoms with Crippen molar-refractivity contribution in [3.63, 3.8) is 0 Å². The maximum atomic E-state index is 5.08. The zero-order valence-corrected chi connectivity index (χ0v) is 7.50. The van der Waals surface area contributed by atoms with E-state index in [1.807, 2.05) is 20.8 Å². The summed E-state index contributed by atoms with van der Waals surface area (Å²) in [6, 6.07) is 0. The molecule has 0 aliphatic rings. The van der Waals surface area contributed by atoms with Gasteiger partial charge in [-0.15, -0.1) is 0 Å². The first kappa shape index (κ1) is 13.6. The lowest BCUT2D eigenvalue weighted by Crippen LogP contribution is -2.27. The summed E-state index contributed by atoms with van der Waals surface area (Å²) < 4.78 is 15.2. The molecule has 0 aliphatic carbocycles. The second kappa shape index (κ2) is 10.0. The highest BCUT2D eigenvalue weighted by molar-refractivity contribution is 6.36. The van der Waals surface area contributed by atoms with Crippen LogP contribution in [0.15, 0.2) is 0 Å². The minimum absolute atomic E-state index is 0. The van der Waals surface area contributed by atoms with Gasteiger partial charge in [-0.3, -0.25) is 0 Å². The Balaban J connectivity index is 0. The lowest BCUT2D eigenvalue weighted by molar-refractivity contribution is 0.107. The summed E-state index contributed by atoms with van der Waals surface area (Å²) in [6.45, 7) is 7.57. The summed E-state index contributed by atoms with van der Waals surface area (Å²) in [5.74, 6) is 0. The van der Waals surface area contributed by atoms with Crippen molar-refractivity contribution in [1.29, 1.82) is 0 Å². The molecule has 0 amide bonds. The summed E-state index contributed by atoms with van der Waals surface area (Å²) in [6.07, 6.45) is 0. The van der Waals surface area contributed by atoms with E-state index < -0.39 is 7.32 Å². The summed E-state index contributed by atoms with van der Waals surface area (Å²) in [5, 5.41) is 0. The Morgan fingerprint density at radius 1 is 0.818 bits per heavy atom. The largest absolute Gasteiger partial charge is 0.639 e. The van der Waals surface area contributed by atoms with Gasteiger partial charge in [-0.2, -0.15) is 0 Å². The van der Waals surface area contributed by atoms with Crippen LogP contribution in [0, 0.1) is 0 Å². The molecule has 11 heavy (non-hydrogen) atoms. The van der Waals surface area contributed by atoms with Crippen LogP contribution in [0.3, 0.4) is 0 Å². The Kier molecular flexibility index (Phi) is 12.4. The average molecular weight is 157 g/mol. The summed E-state index contributed by atoms with van der Waals surface area (Å²) in [5.41, 5.74) is 0. The fourth-order valence-corrected chi connectivity index (χ4v) is 0.553. The highest BCUT2D eigenvalue weighted by Crippen LogP contribution is 1.90.